The zero-order valence-corrected chi connectivity index (χ0v) is 10.9. The second kappa shape index (κ2) is 5.45. The number of carbonyl (C=O) groups is 3. The molecule has 106 valence electrons. The molecule has 5 heteroatoms. The highest BCUT2D eigenvalue weighted by molar-refractivity contribution is 5.96. The zero-order chi connectivity index (χ0) is 14.8. The van der Waals surface area contributed by atoms with Crippen LogP contribution in [0.3, 0.4) is 0 Å². The number of rotatable bonds is 5. The minimum absolute atomic E-state index is 0.0648. The number of carboxylic acids is 2. The molecule has 1 fully saturated rings. The molecular formula is C15H16O5. The van der Waals surface area contributed by atoms with Crippen molar-refractivity contribution in [1.29, 1.82) is 0 Å². The lowest BCUT2D eigenvalue weighted by Gasteiger charge is -2.30. The second-order valence-corrected chi connectivity index (χ2v) is 5.09. The van der Waals surface area contributed by atoms with E-state index >= 15 is 0 Å². The van der Waals surface area contributed by atoms with Gasteiger partial charge in [-0.15, -0.1) is 0 Å². The smallest absolute Gasteiger partial charge is 0.314 e. The van der Waals surface area contributed by atoms with Gasteiger partial charge in [-0.3, -0.25) is 14.4 Å². The summed E-state index contributed by atoms with van der Waals surface area (Å²) in [5.74, 6) is -2.99. The molecule has 2 rings (SSSR count). The number of benzene rings is 1. The van der Waals surface area contributed by atoms with Crippen molar-refractivity contribution in [3.63, 3.8) is 0 Å². The minimum Gasteiger partial charge on any atom is -0.481 e. The summed E-state index contributed by atoms with van der Waals surface area (Å²) in [7, 11) is 0. The van der Waals surface area contributed by atoms with Gasteiger partial charge in [-0.25, -0.2) is 0 Å². The van der Waals surface area contributed by atoms with Crippen LogP contribution in [0.15, 0.2) is 30.3 Å². The summed E-state index contributed by atoms with van der Waals surface area (Å²) in [5.41, 5.74) is -0.706. The summed E-state index contributed by atoms with van der Waals surface area (Å²) in [6.07, 6.45) is 0.286. The highest BCUT2D eigenvalue weighted by Gasteiger charge is 2.54. The van der Waals surface area contributed by atoms with E-state index in [-0.39, 0.29) is 31.5 Å². The van der Waals surface area contributed by atoms with Gasteiger partial charge in [0.05, 0.1) is 0 Å². The summed E-state index contributed by atoms with van der Waals surface area (Å²) in [6, 6.07) is 8.64. The average Bonchev–Trinajstić information content (AvgIpc) is 2.75. The molecule has 0 spiro atoms. The number of hydrogen-bond donors (Lipinski definition) is 2. The van der Waals surface area contributed by atoms with Gasteiger partial charge in [-0.05, 0) is 18.4 Å². The van der Waals surface area contributed by atoms with Crippen LogP contribution in [0.2, 0.25) is 0 Å². The maximum Gasteiger partial charge on any atom is 0.314 e. The van der Waals surface area contributed by atoms with E-state index in [0.717, 1.165) is 0 Å². The third-order valence-corrected chi connectivity index (χ3v) is 4.07. The van der Waals surface area contributed by atoms with E-state index in [9.17, 15) is 19.5 Å². The van der Waals surface area contributed by atoms with Gasteiger partial charge in [0.15, 0.2) is 0 Å². The molecule has 0 bridgehead atoms. The van der Waals surface area contributed by atoms with Crippen LogP contribution >= 0.6 is 0 Å². The first-order chi connectivity index (χ1) is 9.48. The standard InChI is InChI=1S/C15H16O5/c16-12-8-9-15(14(19)20,10-4-2-1-3-5-10)11(12)6-7-13(17)18/h1-5,11H,6-9H2,(H,17,18)(H,19,20). The Morgan fingerprint density at radius 1 is 1.20 bits per heavy atom. The van der Waals surface area contributed by atoms with Gasteiger partial charge >= 0.3 is 11.9 Å². The molecule has 2 N–H and O–H groups in total. The molecule has 1 aliphatic rings. The summed E-state index contributed by atoms with van der Waals surface area (Å²) in [5, 5.41) is 18.5. The van der Waals surface area contributed by atoms with Gasteiger partial charge in [-0.1, -0.05) is 30.3 Å². The van der Waals surface area contributed by atoms with Crippen LogP contribution in [0, 0.1) is 5.92 Å². The van der Waals surface area contributed by atoms with Crippen LogP contribution in [0.4, 0.5) is 0 Å². The van der Waals surface area contributed by atoms with E-state index in [4.69, 9.17) is 5.11 Å². The lowest BCUT2D eigenvalue weighted by atomic mass is 9.70. The number of ketones is 1. The first kappa shape index (κ1) is 14.2. The molecule has 0 aromatic heterocycles. The van der Waals surface area contributed by atoms with Crippen molar-refractivity contribution in [1.82, 2.24) is 0 Å². The van der Waals surface area contributed by atoms with Crippen LogP contribution in [-0.4, -0.2) is 27.9 Å². The van der Waals surface area contributed by atoms with E-state index in [0.29, 0.717) is 5.56 Å². The van der Waals surface area contributed by atoms with E-state index in [1.54, 1.807) is 30.3 Å². The number of carboxylic acid groups (broad SMARTS) is 2. The highest BCUT2D eigenvalue weighted by Crippen LogP contribution is 2.46. The summed E-state index contributed by atoms with van der Waals surface area (Å²) in [4.78, 5) is 34.6. The Kier molecular flexibility index (Phi) is 3.88. The first-order valence-electron chi connectivity index (χ1n) is 6.52. The molecule has 20 heavy (non-hydrogen) atoms. The highest BCUT2D eigenvalue weighted by atomic mass is 16.4. The molecule has 5 nitrogen and oxygen atoms in total. The van der Waals surface area contributed by atoms with Crippen LogP contribution in [-0.2, 0) is 19.8 Å². The third-order valence-electron chi connectivity index (χ3n) is 4.07. The predicted molar refractivity (Wildman–Crippen MR) is 70.4 cm³/mol. The van der Waals surface area contributed by atoms with Crippen molar-refractivity contribution < 1.29 is 24.6 Å². The quantitative estimate of drug-likeness (QED) is 0.856. The van der Waals surface area contributed by atoms with Crippen molar-refractivity contribution in [2.75, 3.05) is 0 Å². The van der Waals surface area contributed by atoms with Crippen molar-refractivity contribution in [3.8, 4) is 0 Å². The number of hydrogen-bond acceptors (Lipinski definition) is 3. The molecule has 1 aromatic carbocycles. The summed E-state index contributed by atoms with van der Waals surface area (Å²) < 4.78 is 0. The van der Waals surface area contributed by atoms with E-state index in [1.165, 1.54) is 0 Å². The fourth-order valence-electron chi connectivity index (χ4n) is 3.08. The Morgan fingerprint density at radius 3 is 2.40 bits per heavy atom. The van der Waals surface area contributed by atoms with E-state index in [1.807, 2.05) is 0 Å². The molecule has 1 aliphatic carbocycles. The van der Waals surface area contributed by atoms with Gasteiger partial charge in [0.25, 0.3) is 0 Å². The van der Waals surface area contributed by atoms with E-state index < -0.39 is 23.3 Å². The van der Waals surface area contributed by atoms with Crippen molar-refractivity contribution in [3.05, 3.63) is 35.9 Å². The Balaban J connectivity index is 2.42. The summed E-state index contributed by atoms with van der Waals surface area (Å²) in [6.45, 7) is 0. The van der Waals surface area contributed by atoms with Gasteiger partial charge in [0, 0.05) is 18.8 Å². The lowest BCUT2D eigenvalue weighted by Crippen LogP contribution is -2.41. The Morgan fingerprint density at radius 2 is 1.85 bits per heavy atom. The molecule has 0 aliphatic heterocycles. The predicted octanol–water partition coefficient (Wildman–Crippen LogP) is 1.85. The van der Waals surface area contributed by atoms with Gasteiger partial charge in [0.1, 0.15) is 11.2 Å². The number of carbonyl (C=O) groups excluding carboxylic acids is 1. The van der Waals surface area contributed by atoms with Gasteiger partial charge in [0.2, 0.25) is 0 Å². The third kappa shape index (κ3) is 2.31. The van der Waals surface area contributed by atoms with Crippen LogP contribution in [0.1, 0.15) is 31.2 Å². The van der Waals surface area contributed by atoms with Crippen LogP contribution < -0.4 is 0 Å². The van der Waals surface area contributed by atoms with E-state index in [2.05, 4.69) is 0 Å². The average molecular weight is 276 g/mol. The Bertz CT molecular complexity index is 536. The topological polar surface area (TPSA) is 91.7 Å². The second-order valence-electron chi connectivity index (χ2n) is 5.09. The molecule has 2 atom stereocenters. The molecular weight excluding hydrogens is 260 g/mol. The maximum absolute atomic E-state index is 12.0. The minimum atomic E-state index is -1.28. The monoisotopic (exact) mass is 276 g/mol. The number of aliphatic carboxylic acids is 2. The van der Waals surface area contributed by atoms with Crippen molar-refractivity contribution in [2.24, 2.45) is 5.92 Å². The molecule has 1 saturated carbocycles. The number of Topliss-reactive ketones (excluding diaryl/α,β-unsaturated/α-hetero) is 1. The molecule has 2 unspecified atom stereocenters. The first-order valence-corrected chi connectivity index (χ1v) is 6.52. The van der Waals surface area contributed by atoms with Crippen molar-refractivity contribution >= 4 is 17.7 Å². The van der Waals surface area contributed by atoms with Crippen LogP contribution in [0.25, 0.3) is 0 Å². The zero-order valence-electron chi connectivity index (χ0n) is 10.9. The Hall–Kier alpha value is -2.17. The Labute approximate surface area is 116 Å². The largest absolute Gasteiger partial charge is 0.481 e. The normalized spacial score (nSPS) is 25.6. The van der Waals surface area contributed by atoms with Gasteiger partial charge < -0.3 is 10.2 Å². The molecule has 0 amide bonds. The van der Waals surface area contributed by atoms with Crippen LogP contribution in [0.5, 0.6) is 0 Å². The van der Waals surface area contributed by atoms with Gasteiger partial charge in [-0.2, -0.15) is 0 Å². The van der Waals surface area contributed by atoms with Crippen molar-refractivity contribution in [2.45, 2.75) is 31.1 Å². The molecule has 0 saturated heterocycles. The molecule has 0 heterocycles. The SMILES string of the molecule is O=C(O)CCC1C(=O)CCC1(C(=O)O)c1ccccc1. The lowest BCUT2D eigenvalue weighted by molar-refractivity contribution is -0.148. The fraction of sp³-hybridized carbons (Fsp3) is 0.400. The molecule has 1 aromatic rings. The maximum atomic E-state index is 12.0. The molecule has 0 radical (unpaired) electrons. The fourth-order valence-corrected chi connectivity index (χ4v) is 3.08. The summed E-state index contributed by atoms with van der Waals surface area (Å²) >= 11 is 0.